The summed E-state index contributed by atoms with van der Waals surface area (Å²) in [6.45, 7) is 4.34. The topological polar surface area (TPSA) is 0 Å². The molecule has 0 nitrogen and oxygen atoms in total. The Hall–Kier alpha value is 0.880. The number of hydrogen-bond donors (Lipinski definition) is 0. The molecule has 4 heteroatoms. The van der Waals surface area contributed by atoms with Crippen molar-refractivity contribution < 1.29 is 0 Å². The minimum atomic E-state index is 1.17. The van der Waals surface area contributed by atoms with Crippen LogP contribution >= 0.6 is 41.2 Å². The first-order chi connectivity index (χ1) is 6.79. The second-order valence-electron chi connectivity index (χ2n) is 3.37. The molecule has 0 fully saturated rings. The molecule has 80 valence electrons. The van der Waals surface area contributed by atoms with Crippen molar-refractivity contribution in [3.63, 3.8) is 0 Å². The fraction of sp³-hybridized carbons (Fsp3) is 0.600. The fourth-order valence-electron chi connectivity index (χ4n) is 1.10. The minimum absolute atomic E-state index is 1.17. The molecule has 0 N–H and O–H groups in total. The first kappa shape index (κ1) is 12.9. The maximum Gasteiger partial charge on any atom is 0.0256 e. The Labute approximate surface area is 102 Å². The lowest BCUT2D eigenvalue weighted by atomic mass is 10.1. The third kappa shape index (κ3) is 6.38. The number of rotatable bonds is 3. The van der Waals surface area contributed by atoms with E-state index >= 15 is 0 Å². The third-order valence-corrected chi connectivity index (χ3v) is 8.10. The smallest absolute Gasteiger partial charge is 0.0256 e. The summed E-state index contributed by atoms with van der Waals surface area (Å²) in [6.07, 6.45) is 7.18. The highest BCUT2D eigenvalue weighted by Crippen LogP contribution is 2.45. The van der Waals surface area contributed by atoms with Crippen LogP contribution < -0.4 is 0 Å². The predicted molar refractivity (Wildman–Crippen MR) is 76.8 cm³/mol. The van der Waals surface area contributed by atoms with Crippen molar-refractivity contribution in [3.05, 3.63) is 23.3 Å². The van der Waals surface area contributed by atoms with Gasteiger partial charge in [-0.1, -0.05) is 44.9 Å². The lowest BCUT2D eigenvalue weighted by molar-refractivity contribution is 0.969. The molecule has 0 amide bonds. The summed E-state index contributed by atoms with van der Waals surface area (Å²) in [5.41, 5.74) is 3.05. The van der Waals surface area contributed by atoms with Gasteiger partial charge in [0.2, 0.25) is 0 Å². The fourth-order valence-corrected chi connectivity index (χ4v) is 6.96. The molecule has 0 unspecified atom stereocenters. The SMILES string of the molecule is CC(C)=CCCC1=CCSSSSC1. The number of allylic oxidation sites excluding steroid dienone is 2. The maximum atomic E-state index is 2.41. The van der Waals surface area contributed by atoms with Gasteiger partial charge in [-0.3, -0.25) is 0 Å². The van der Waals surface area contributed by atoms with Crippen LogP contribution in [0.1, 0.15) is 26.7 Å². The quantitative estimate of drug-likeness (QED) is 0.497. The standard InChI is InChI=1S/C10H16S4/c1-9(2)4-3-5-10-6-7-11-13-14-12-8-10/h4,6H,3,5,7-8H2,1-2H3. The van der Waals surface area contributed by atoms with E-state index in [-0.39, 0.29) is 0 Å². The molecule has 0 saturated carbocycles. The van der Waals surface area contributed by atoms with E-state index in [2.05, 4.69) is 26.0 Å². The van der Waals surface area contributed by atoms with Crippen LogP contribution in [0.5, 0.6) is 0 Å². The van der Waals surface area contributed by atoms with Crippen LogP contribution in [0.25, 0.3) is 0 Å². The summed E-state index contributed by atoms with van der Waals surface area (Å²) >= 11 is 0. The lowest BCUT2D eigenvalue weighted by Crippen LogP contribution is -1.89. The zero-order chi connectivity index (χ0) is 10.2. The van der Waals surface area contributed by atoms with E-state index < -0.39 is 0 Å². The first-order valence-corrected chi connectivity index (χ1v) is 9.83. The summed E-state index contributed by atoms with van der Waals surface area (Å²) < 4.78 is 0. The molecule has 1 heterocycles. The van der Waals surface area contributed by atoms with Gasteiger partial charge in [0.05, 0.1) is 0 Å². The molecule has 1 aliphatic heterocycles. The molecule has 0 spiro atoms. The Kier molecular flexibility index (Phi) is 7.47. The second-order valence-corrected chi connectivity index (χ2v) is 9.41. The van der Waals surface area contributed by atoms with E-state index in [4.69, 9.17) is 0 Å². The van der Waals surface area contributed by atoms with Crippen molar-refractivity contribution in [2.24, 2.45) is 0 Å². The van der Waals surface area contributed by atoms with Crippen molar-refractivity contribution in [1.29, 1.82) is 0 Å². The summed E-state index contributed by atoms with van der Waals surface area (Å²) in [6, 6.07) is 0. The zero-order valence-electron chi connectivity index (χ0n) is 8.62. The van der Waals surface area contributed by atoms with Crippen molar-refractivity contribution in [2.45, 2.75) is 26.7 Å². The van der Waals surface area contributed by atoms with Gasteiger partial charge in [0, 0.05) is 11.5 Å². The second kappa shape index (κ2) is 8.08. The van der Waals surface area contributed by atoms with Crippen molar-refractivity contribution >= 4 is 41.2 Å². The highest BCUT2D eigenvalue weighted by atomic mass is 33.7. The van der Waals surface area contributed by atoms with Gasteiger partial charge in [-0.25, -0.2) is 0 Å². The van der Waals surface area contributed by atoms with E-state index in [0.29, 0.717) is 0 Å². The molecule has 0 aromatic carbocycles. The number of hydrogen-bond acceptors (Lipinski definition) is 4. The van der Waals surface area contributed by atoms with Crippen LogP contribution in [-0.2, 0) is 0 Å². The van der Waals surface area contributed by atoms with Gasteiger partial charge in [-0.2, -0.15) is 0 Å². The molecule has 0 atom stereocenters. The van der Waals surface area contributed by atoms with Gasteiger partial charge < -0.3 is 0 Å². The van der Waals surface area contributed by atoms with E-state index in [1.54, 1.807) is 5.57 Å². The highest BCUT2D eigenvalue weighted by molar-refractivity contribution is 9.26. The lowest BCUT2D eigenvalue weighted by Gasteiger charge is -2.08. The van der Waals surface area contributed by atoms with E-state index in [1.807, 2.05) is 41.2 Å². The Balaban J connectivity index is 2.29. The molecule has 0 aromatic rings. The Bertz CT molecular complexity index is 216. The minimum Gasteiger partial charge on any atom is -0.0856 e. The van der Waals surface area contributed by atoms with Crippen LogP contribution in [-0.4, -0.2) is 11.5 Å². The molecule has 1 rings (SSSR count). The average molecular weight is 265 g/mol. The van der Waals surface area contributed by atoms with Crippen LogP contribution in [0.4, 0.5) is 0 Å². The molecule has 0 bridgehead atoms. The zero-order valence-corrected chi connectivity index (χ0v) is 11.9. The van der Waals surface area contributed by atoms with Gasteiger partial charge in [0.25, 0.3) is 0 Å². The van der Waals surface area contributed by atoms with Crippen molar-refractivity contribution in [2.75, 3.05) is 11.5 Å². The van der Waals surface area contributed by atoms with Crippen molar-refractivity contribution in [3.8, 4) is 0 Å². The van der Waals surface area contributed by atoms with Crippen LogP contribution in [0, 0.1) is 0 Å². The van der Waals surface area contributed by atoms with Crippen molar-refractivity contribution in [1.82, 2.24) is 0 Å². The molecule has 0 aliphatic carbocycles. The molecule has 14 heavy (non-hydrogen) atoms. The molecule has 1 aliphatic rings. The van der Waals surface area contributed by atoms with Crippen LogP contribution in [0.2, 0.25) is 0 Å². The van der Waals surface area contributed by atoms with Crippen LogP contribution in [0.3, 0.4) is 0 Å². The van der Waals surface area contributed by atoms with Gasteiger partial charge >= 0.3 is 0 Å². The average Bonchev–Trinajstić information content (AvgIpc) is 2.07. The maximum absolute atomic E-state index is 2.41. The Morgan fingerprint density at radius 1 is 1.36 bits per heavy atom. The molecular formula is C10H16S4. The van der Waals surface area contributed by atoms with E-state index in [9.17, 15) is 0 Å². The molecular weight excluding hydrogens is 248 g/mol. The summed E-state index contributed by atoms with van der Waals surface area (Å²) in [5.74, 6) is 2.37. The van der Waals surface area contributed by atoms with Gasteiger partial charge in [-0.15, -0.1) is 0 Å². The van der Waals surface area contributed by atoms with Gasteiger partial charge in [-0.05, 0) is 46.3 Å². The summed E-state index contributed by atoms with van der Waals surface area (Å²) in [4.78, 5) is 0. The van der Waals surface area contributed by atoms with Crippen LogP contribution in [0.15, 0.2) is 23.3 Å². The third-order valence-electron chi connectivity index (χ3n) is 1.83. The molecule has 0 radical (unpaired) electrons. The molecule has 0 saturated heterocycles. The Morgan fingerprint density at radius 3 is 2.93 bits per heavy atom. The highest BCUT2D eigenvalue weighted by Gasteiger charge is 2.02. The monoisotopic (exact) mass is 264 g/mol. The molecule has 0 aromatic heterocycles. The Morgan fingerprint density at radius 2 is 2.14 bits per heavy atom. The van der Waals surface area contributed by atoms with Gasteiger partial charge in [0.1, 0.15) is 0 Å². The van der Waals surface area contributed by atoms with Gasteiger partial charge in [0.15, 0.2) is 0 Å². The first-order valence-electron chi connectivity index (χ1n) is 4.68. The van der Waals surface area contributed by atoms with E-state index in [0.717, 1.165) is 0 Å². The largest absolute Gasteiger partial charge is 0.0856 e. The summed E-state index contributed by atoms with van der Waals surface area (Å²) in [7, 11) is 7.72. The van der Waals surface area contributed by atoms with E-state index in [1.165, 1.54) is 29.9 Å². The summed E-state index contributed by atoms with van der Waals surface area (Å²) in [5, 5.41) is 0. The predicted octanol–water partition coefficient (Wildman–Crippen LogP) is 5.35. The normalized spacial score (nSPS) is 18.0.